The molecule has 2 heteroatoms. The number of aliphatic carboxylic acids is 1. The third-order valence-corrected chi connectivity index (χ3v) is 3.68. The normalized spacial score (nSPS) is 11.7. The molecule has 0 saturated heterocycles. The second-order valence-electron chi connectivity index (χ2n) is 5.49. The van der Waals surface area contributed by atoms with E-state index in [-0.39, 0.29) is 0 Å². The van der Waals surface area contributed by atoms with Crippen LogP contribution in [0, 0.1) is 5.41 Å². The van der Waals surface area contributed by atoms with Crippen LogP contribution in [-0.4, -0.2) is 11.1 Å². The molecule has 0 spiro atoms. The van der Waals surface area contributed by atoms with Gasteiger partial charge in [-0.2, -0.15) is 0 Å². The van der Waals surface area contributed by atoms with Gasteiger partial charge in [-0.15, -0.1) is 0 Å². The lowest BCUT2D eigenvalue weighted by Gasteiger charge is -2.24. The van der Waals surface area contributed by atoms with Gasteiger partial charge >= 0.3 is 5.97 Å². The molecule has 0 radical (unpaired) electrons. The molecule has 0 atom stereocenters. The number of carboxylic acid groups (broad SMARTS) is 1. The maximum Gasteiger partial charge on any atom is 0.309 e. The van der Waals surface area contributed by atoms with Crippen molar-refractivity contribution in [1.82, 2.24) is 0 Å². The van der Waals surface area contributed by atoms with Crippen molar-refractivity contribution >= 4 is 5.97 Å². The van der Waals surface area contributed by atoms with E-state index in [2.05, 4.69) is 13.8 Å². The minimum absolute atomic E-state index is 0.485. The van der Waals surface area contributed by atoms with E-state index in [4.69, 9.17) is 0 Å². The van der Waals surface area contributed by atoms with Crippen molar-refractivity contribution in [2.24, 2.45) is 5.41 Å². The molecule has 0 aromatic rings. The predicted octanol–water partition coefficient (Wildman–Crippen LogP) is 5.02. The first-order valence-corrected chi connectivity index (χ1v) is 7.30. The fourth-order valence-electron chi connectivity index (χ4n) is 2.22. The van der Waals surface area contributed by atoms with Crippen LogP contribution < -0.4 is 0 Å². The van der Waals surface area contributed by atoms with Crippen LogP contribution in [0.25, 0.3) is 0 Å². The summed E-state index contributed by atoms with van der Waals surface area (Å²) in [6, 6.07) is 0. The smallest absolute Gasteiger partial charge is 0.309 e. The summed E-state index contributed by atoms with van der Waals surface area (Å²) in [5.74, 6) is -0.606. The highest BCUT2D eigenvalue weighted by Gasteiger charge is 2.31. The lowest BCUT2D eigenvalue weighted by Crippen LogP contribution is -2.27. The number of unbranched alkanes of at least 4 members (excludes halogenated alkanes) is 6. The highest BCUT2D eigenvalue weighted by atomic mass is 16.4. The van der Waals surface area contributed by atoms with Crippen molar-refractivity contribution in [3.8, 4) is 0 Å². The molecular formula is C15H30O2. The monoisotopic (exact) mass is 242 g/mol. The summed E-state index contributed by atoms with van der Waals surface area (Å²) < 4.78 is 0. The van der Waals surface area contributed by atoms with Crippen LogP contribution >= 0.6 is 0 Å². The average molecular weight is 242 g/mol. The molecule has 0 aliphatic rings. The molecule has 0 fully saturated rings. The Bertz CT molecular complexity index is 187. The Morgan fingerprint density at radius 2 is 1.29 bits per heavy atom. The van der Waals surface area contributed by atoms with E-state index >= 15 is 0 Å². The maximum atomic E-state index is 11.3. The minimum Gasteiger partial charge on any atom is -0.481 e. The van der Waals surface area contributed by atoms with E-state index in [0.717, 1.165) is 25.7 Å². The Balaban J connectivity index is 3.94. The van der Waals surface area contributed by atoms with E-state index in [1.165, 1.54) is 38.5 Å². The fraction of sp³-hybridized carbons (Fsp3) is 0.933. The van der Waals surface area contributed by atoms with Gasteiger partial charge in [0.2, 0.25) is 0 Å². The SMILES string of the molecule is CCCCCCC(C)(CCCCCC)C(=O)O. The molecule has 0 aliphatic carbocycles. The van der Waals surface area contributed by atoms with Crippen molar-refractivity contribution < 1.29 is 9.90 Å². The van der Waals surface area contributed by atoms with Crippen molar-refractivity contribution in [1.29, 1.82) is 0 Å². The van der Waals surface area contributed by atoms with Gasteiger partial charge in [-0.05, 0) is 19.8 Å². The summed E-state index contributed by atoms with van der Waals surface area (Å²) in [4.78, 5) is 11.3. The Morgan fingerprint density at radius 3 is 1.59 bits per heavy atom. The zero-order valence-electron chi connectivity index (χ0n) is 11.9. The zero-order valence-corrected chi connectivity index (χ0v) is 11.9. The molecule has 0 aromatic carbocycles. The molecule has 0 aliphatic heterocycles. The summed E-state index contributed by atoms with van der Waals surface area (Å²) in [5, 5.41) is 9.35. The number of hydrogen-bond acceptors (Lipinski definition) is 1. The van der Waals surface area contributed by atoms with Gasteiger partial charge in [-0.3, -0.25) is 4.79 Å². The number of rotatable bonds is 11. The number of hydrogen-bond donors (Lipinski definition) is 1. The topological polar surface area (TPSA) is 37.3 Å². The molecule has 0 amide bonds. The van der Waals surface area contributed by atoms with Gasteiger partial charge in [0.15, 0.2) is 0 Å². The zero-order chi connectivity index (χ0) is 13.1. The van der Waals surface area contributed by atoms with Crippen LogP contribution in [0.5, 0.6) is 0 Å². The predicted molar refractivity (Wildman–Crippen MR) is 73.3 cm³/mol. The molecular weight excluding hydrogens is 212 g/mol. The van der Waals surface area contributed by atoms with Gasteiger partial charge in [-0.1, -0.05) is 65.2 Å². The molecule has 0 heterocycles. The Kier molecular flexibility index (Phi) is 9.20. The van der Waals surface area contributed by atoms with Crippen molar-refractivity contribution in [2.45, 2.75) is 85.0 Å². The van der Waals surface area contributed by atoms with Crippen LogP contribution in [0.3, 0.4) is 0 Å². The summed E-state index contributed by atoms with van der Waals surface area (Å²) in [6.45, 7) is 6.29. The summed E-state index contributed by atoms with van der Waals surface area (Å²) >= 11 is 0. The van der Waals surface area contributed by atoms with Gasteiger partial charge in [0.05, 0.1) is 5.41 Å². The Hall–Kier alpha value is -0.530. The molecule has 0 bridgehead atoms. The van der Waals surface area contributed by atoms with E-state index < -0.39 is 11.4 Å². The highest BCUT2D eigenvalue weighted by molar-refractivity contribution is 5.74. The second kappa shape index (κ2) is 9.49. The summed E-state index contributed by atoms with van der Waals surface area (Å²) in [7, 11) is 0. The van der Waals surface area contributed by atoms with Crippen LogP contribution in [-0.2, 0) is 4.79 Å². The first kappa shape index (κ1) is 16.5. The molecule has 102 valence electrons. The van der Waals surface area contributed by atoms with Crippen LogP contribution in [0.1, 0.15) is 85.0 Å². The number of carboxylic acids is 1. The first-order valence-electron chi connectivity index (χ1n) is 7.30. The molecule has 1 N–H and O–H groups in total. The van der Waals surface area contributed by atoms with Crippen molar-refractivity contribution in [3.05, 3.63) is 0 Å². The second-order valence-corrected chi connectivity index (χ2v) is 5.49. The average Bonchev–Trinajstić information content (AvgIpc) is 2.30. The van der Waals surface area contributed by atoms with E-state index in [1.807, 2.05) is 6.92 Å². The van der Waals surface area contributed by atoms with E-state index in [0.29, 0.717) is 0 Å². The lowest BCUT2D eigenvalue weighted by atomic mass is 9.80. The summed E-state index contributed by atoms with van der Waals surface area (Å²) in [6.07, 6.45) is 11.0. The Labute approximate surface area is 107 Å². The van der Waals surface area contributed by atoms with Gasteiger partial charge in [-0.25, -0.2) is 0 Å². The van der Waals surface area contributed by atoms with Gasteiger partial charge < -0.3 is 5.11 Å². The molecule has 0 unspecified atom stereocenters. The largest absolute Gasteiger partial charge is 0.481 e. The maximum absolute atomic E-state index is 11.3. The quantitative estimate of drug-likeness (QED) is 0.517. The fourth-order valence-corrected chi connectivity index (χ4v) is 2.22. The third kappa shape index (κ3) is 7.40. The third-order valence-electron chi connectivity index (χ3n) is 3.68. The Morgan fingerprint density at radius 1 is 0.882 bits per heavy atom. The first-order chi connectivity index (χ1) is 8.06. The van der Waals surface area contributed by atoms with Gasteiger partial charge in [0.1, 0.15) is 0 Å². The van der Waals surface area contributed by atoms with Crippen molar-refractivity contribution in [3.63, 3.8) is 0 Å². The molecule has 0 saturated carbocycles. The van der Waals surface area contributed by atoms with Gasteiger partial charge in [0.25, 0.3) is 0 Å². The molecule has 17 heavy (non-hydrogen) atoms. The minimum atomic E-state index is -0.606. The highest BCUT2D eigenvalue weighted by Crippen LogP contribution is 2.31. The summed E-state index contributed by atoms with van der Waals surface area (Å²) in [5.41, 5.74) is -0.485. The molecule has 2 nitrogen and oxygen atoms in total. The van der Waals surface area contributed by atoms with E-state index in [9.17, 15) is 9.90 Å². The van der Waals surface area contributed by atoms with Crippen LogP contribution in [0.4, 0.5) is 0 Å². The van der Waals surface area contributed by atoms with E-state index in [1.54, 1.807) is 0 Å². The standard InChI is InChI=1S/C15H30O2/c1-4-6-8-10-12-15(3,14(16)17)13-11-9-7-5-2/h4-13H2,1-3H3,(H,16,17). The lowest BCUT2D eigenvalue weighted by molar-refractivity contribution is -0.149. The molecule has 0 aromatic heterocycles. The van der Waals surface area contributed by atoms with Crippen molar-refractivity contribution in [2.75, 3.05) is 0 Å². The van der Waals surface area contributed by atoms with Crippen LogP contribution in [0.2, 0.25) is 0 Å². The van der Waals surface area contributed by atoms with Crippen LogP contribution in [0.15, 0.2) is 0 Å². The molecule has 0 rings (SSSR count). The number of carbonyl (C=O) groups is 1. The van der Waals surface area contributed by atoms with Gasteiger partial charge in [0, 0.05) is 0 Å².